The molecule has 0 fully saturated rings. The van der Waals surface area contributed by atoms with Crippen molar-refractivity contribution in [3.8, 4) is 23.0 Å². The van der Waals surface area contributed by atoms with Gasteiger partial charge in [0.25, 0.3) is 6.71 Å². The molecule has 0 unspecified atom stereocenters. The summed E-state index contributed by atoms with van der Waals surface area (Å²) < 4.78 is 26.7. The zero-order chi connectivity index (χ0) is 21.4. The Hall–Kier alpha value is -2.75. The lowest BCUT2D eigenvalue weighted by Crippen LogP contribution is -2.57. The van der Waals surface area contributed by atoms with Gasteiger partial charge in [-0.1, -0.05) is 65.8 Å². The first-order chi connectivity index (χ1) is 14.0. The highest BCUT2D eigenvalue weighted by Crippen LogP contribution is 2.37. The van der Waals surface area contributed by atoms with Crippen molar-refractivity contribution in [2.75, 3.05) is 0 Å². The molecule has 0 atom stereocenters. The Morgan fingerprint density at radius 1 is 0.633 bits per heavy atom. The average molecular weight is 400 g/mol. The minimum absolute atomic E-state index is 0.0161. The summed E-state index contributed by atoms with van der Waals surface area (Å²) in [4.78, 5) is 0. The smallest absolute Gasteiger partial charge is 0.260 e. The van der Waals surface area contributed by atoms with E-state index in [4.69, 9.17) is 9.47 Å². The van der Waals surface area contributed by atoms with E-state index in [1.807, 2.05) is 12.1 Å². The lowest BCUT2D eigenvalue weighted by atomic mass is 9.34. The summed E-state index contributed by atoms with van der Waals surface area (Å²) in [6.07, 6.45) is 0. The number of halogens is 1. The Morgan fingerprint density at radius 3 is 1.47 bits per heavy atom. The van der Waals surface area contributed by atoms with Crippen LogP contribution in [-0.2, 0) is 10.8 Å². The molecule has 0 amide bonds. The summed E-state index contributed by atoms with van der Waals surface area (Å²) >= 11 is 0. The predicted molar refractivity (Wildman–Crippen MR) is 121 cm³/mol. The van der Waals surface area contributed by atoms with Crippen LogP contribution in [0.25, 0.3) is 0 Å². The molecule has 0 aromatic heterocycles. The molecule has 0 saturated carbocycles. The Labute approximate surface area is 178 Å². The first-order valence-corrected chi connectivity index (χ1v) is 10.5. The molecule has 2 heterocycles. The van der Waals surface area contributed by atoms with E-state index in [0.29, 0.717) is 11.5 Å². The monoisotopic (exact) mass is 400 g/mol. The van der Waals surface area contributed by atoms with Crippen LogP contribution in [0.1, 0.15) is 52.7 Å². The van der Waals surface area contributed by atoms with Crippen LogP contribution in [0.5, 0.6) is 23.0 Å². The molecule has 0 aliphatic carbocycles. The van der Waals surface area contributed by atoms with Gasteiger partial charge < -0.3 is 9.47 Å². The van der Waals surface area contributed by atoms with Crippen molar-refractivity contribution in [3.05, 3.63) is 65.5 Å². The highest BCUT2D eigenvalue weighted by molar-refractivity contribution is 6.98. The van der Waals surface area contributed by atoms with Crippen LogP contribution in [0, 0.1) is 5.82 Å². The quantitative estimate of drug-likeness (QED) is 0.335. The van der Waals surface area contributed by atoms with Gasteiger partial charge in [0.1, 0.15) is 28.8 Å². The van der Waals surface area contributed by atoms with Crippen molar-refractivity contribution >= 4 is 23.1 Å². The van der Waals surface area contributed by atoms with Gasteiger partial charge in [-0.3, -0.25) is 0 Å². The van der Waals surface area contributed by atoms with E-state index in [0.717, 1.165) is 27.9 Å². The van der Waals surface area contributed by atoms with Crippen LogP contribution in [-0.4, -0.2) is 6.71 Å². The summed E-state index contributed by atoms with van der Waals surface area (Å²) in [7, 11) is 0. The van der Waals surface area contributed by atoms with Crippen LogP contribution in [0.2, 0.25) is 0 Å². The molecular weight excluding hydrogens is 374 g/mol. The molecule has 2 nitrogen and oxygen atoms in total. The molecular formula is C26H26BFO2. The first-order valence-electron chi connectivity index (χ1n) is 10.5. The van der Waals surface area contributed by atoms with E-state index in [1.165, 1.54) is 23.3 Å². The molecule has 2 aliphatic rings. The van der Waals surface area contributed by atoms with Crippen LogP contribution in [0.15, 0.2) is 48.5 Å². The maximum Gasteiger partial charge on any atom is 0.260 e. The van der Waals surface area contributed by atoms with E-state index < -0.39 is 0 Å². The van der Waals surface area contributed by atoms with Crippen molar-refractivity contribution in [2.24, 2.45) is 0 Å². The lowest BCUT2D eigenvalue weighted by Gasteiger charge is -2.34. The fourth-order valence-electron chi connectivity index (χ4n) is 4.40. The van der Waals surface area contributed by atoms with Crippen LogP contribution in [0.4, 0.5) is 4.39 Å². The zero-order valence-corrected chi connectivity index (χ0v) is 18.4. The standard InChI is InChI=1S/C26H26BFO2/c1-25(2,3)15-7-9-20-18(11-15)27-19-12-16(26(4,5)6)8-10-21(19)30-23-14-17(28)13-22(29-20)24(23)27/h7-14H,1-6H3. The van der Waals surface area contributed by atoms with Gasteiger partial charge in [-0.15, -0.1) is 0 Å². The number of benzene rings is 3. The summed E-state index contributed by atoms with van der Waals surface area (Å²) in [6, 6.07) is 15.7. The minimum atomic E-state index is -0.355. The SMILES string of the molecule is CC(C)(C)c1ccc2c(c1)B1c3cc(C(C)(C)C)ccc3Oc3cc(F)cc(c31)O2. The summed E-state index contributed by atoms with van der Waals surface area (Å²) in [5.74, 6) is 2.29. The van der Waals surface area contributed by atoms with Gasteiger partial charge in [-0.2, -0.15) is 0 Å². The second-order valence-corrected chi connectivity index (χ2v) is 10.5. The van der Waals surface area contributed by atoms with E-state index >= 15 is 0 Å². The van der Waals surface area contributed by atoms with Crippen molar-refractivity contribution in [2.45, 2.75) is 52.4 Å². The normalized spacial score (nSPS) is 14.3. The van der Waals surface area contributed by atoms with Crippen molar-refractivity contribution in [3.63, 3.8) is 0 Å². The Kier molecular flexibility index (Phi) is 3.93. The van der Waals surface area contributed by atoms with E-state index in [-0.39, 0.29) is 23.4 Å². The summed E-state index contributed by atoms with van der Waals surface area (Å²) in [5, 5.41) is 0. The van der Waals surface area contributed by atoms with Gasteiger partial charge in [0.15, 0.2) is 0 Å². The fourth-order valence-corrected chi connectivity index (χ4v) is 4.40. The molecule has 0 spiro atoms. The van der Waals surface area contributed by atoms with Gasteiger partial charge in [0, 0.05) is 17.6 Å². The topological polar surface area (TPSA) is 18.5 Å². The fraction of sp³-hybridized carbons (Fsp3) is 0.308. The lowest BCUT2D eigenvalue weighted by molar-refractivity contribution is 0.454. The molecule has 0 saturated heterocycles. The maximum atomic E-state index is 14.3. The third kappa shape index (κ3) is 2.93. The van der Waals surface area contributed by atoms with Gasteiger partial charge in [-0.05, 0) is 45.0 Å². The molecule has 0 N–H and O–H groups in total. The molecule has 0 bridgehead atoms. The van der Waals surface area contributed by atoms with Gasteiger partial charge in [0.05, 0.1) is 0 Å². The van der Waals surface area contributed by atoms with Crippen molar-refractivity contribution < 1.29 is 13.9 Å². The number of ether oxygens (including phenoxy) is 2. The Bertz CT molecular complexity index is 1100. The molecule has 5 rings (SSSR count). The third-order valence-electron chi connectivity index (χ3n) is 6.17. The molecule has 2 aliphatic heterocycles. The number of rotatable bonds is 0. The second-order valence-electron chi connectivity index (χ2n) is 10.5. The predicted octanol–water partition coefficient (Wildman–Crippen LogP) is 5.15. The first kappa shape index (κ1) is 19.2. The zero-order valence-electron chi connectivity index (χ0n) is 18.4. The largest absolute Gasteiger partial charge is 0.458 e. The Morgan fingerprint density at radius 2 is 1.07 bits per heavy atom. The molecule has 4 heteroatoms. The number of hydrogen-bond acceptors (Lipinski definition) is 2. The summed E-state index contributed by atoms with van der Waals surface area (Å²) in [6.45, 7) is 13.2. The molecule has 3 aromatic rings. The van der Waals surface area contributed by atoms with E-state index in [2.05, 4.69) is 65.8 Å². The van der Waals surface area contributed by atoms with Crippen molar-refractivity contribution in [1.82, 2.24) is 0 Å². The highest BCUT2D eigenvalue weighted by atomic mass is 19.1. The molecule has 3 aromatic carbocycles. The van der Waals surface area contributed by atoms with Crippen molar-refractivity contribution in [1.29, 1.82) is 0 Å². The van der Waals surface area contributed by atoms with E-state index in [1.54, 1.807) is 0 Å². The molecule has 0 radical (unpaired) electrons. The Balaban J connectivity index is 1.80. The maximum absolute atomic E-state index is 14.3. The van der Waals surface area contributed by atoms with Crippen LogP contribution >= 0.6 is 0 Å². The third-order valence-corrected chi connectivity index (χ3v) is 6.17. The molecule has 152 valence electrons. The average Bonchev–Trinajstić information content (AvgIpc) is 2.65. The number of hydrogen-bond donors (Lipinski definition) is 0. The highest BCUT2D eigenvalue weighted by Gasteiger charge is 2.41. The van der Waals surface area contributed by atoms with Crippen LogP contribution < -0.4 is 25.9 Å². The van der Waals surface area contributed by atoms with Gasteiger partial charge in [0.2, 0.25) is 0 Å². The van der Waals surface area contributed by atoms with Gasteiger partial charge in [-0.25, -0.2) is 4.39 Å². The van der Waals surface area contributed by atoms with E-state index in [9.17, 15) is 4.39 Å². The van der Waals surface area contributed by atoms with Gasteiger partial charge >= 0.3 is 0 Å². The minimum Gasteiger partial charge on any atom is -0.458 e. The summed E-state index contributed by atoms with van der Waals surface area (Å²) in [5.41, 5.74) is 5.66. The second kappa shape index (κ2) is 6.13. The molecule has 30 heavy (non-hydrogen) atoms. The van der Waals surface area contributed by atoms with Crippen LogP contribution in [0.3, 0.4) is 0 Å². The number of fused-ring (bicyclic) bond motifs is 4.